The van der Waals surface area contributed by atoms with Gasteiger partial charge < -0.3 is 4.57 Å². The largest absolute Gasteiger partial charge is 0.332 e. The highest BCUT2D eigenvalue weighted by atomic mass is 17.2. The first kappa shape index (κ1) is 17.4. The molecule has 0 amide bonds. The summed E-state index contributed by atoms with van der Waals surface area (Å²) >= 11 is 0. The summed E-state index contributed by atoms with van der Waals surface area (Å²) < 4.78 is 4.37. The molecule has 2 heterocycles. The Morgan fingerprint density at radius 3 is 2.57 bits per heavy atom. The SMILES string of the molecule is CCOOCCCCCCn1c(=O)c2c(ncn2C)n(C)c1=O. The number of aromatic nitrogens is 4. The molecule has 0 bridgehead atoms. The van der Waals surface area contributed by atoms with E-state index < -0.39 is 0 Å². The smallest absolute Gasteiger partial charge is 0.328 e. The van der Waals surface area contributed by atoms with Gasteiger partial charge in [0, 0.05) is 20.6 Å². The zero-order chi connectivity index (χ0) is 16.8. The Labute approximate surface area is 134 Å². The van der Waals surface area contributed by atoms with Gasteiger partial charge in [-0.3, -0.25) is 13.9 Å². The van der Waals surface area contributed by atoms with Gasteiger partial charge >= 0.3 is 5.69 Å². The summed E-state index contributed by atoms with van der Waals surface area (Å²) in [6, 6.07) is 0. The van der Waals surface area contributed by atoms with Crippen LogP contribution in [0.5, 0.6) is 0 Å². The van der Waals surface area contributed by atoms with Gasteiger partial charge in [-0.1, -0.05) is 12.8 Å². The van der Waals surface area contributed by atoms with Crippen LogP contribution in [0.4, 0.5) is 0 Å². The number of hydrogen-bond acceptors (Lipinski definition) is 5. The number of aryl methyl sites for hydroxylation is 2. The fraction of sp³-hybridized carbons (Fsp3) is 0.667. The van der Waals surface area contributed by atoms with E-state index in [0.29, 0.717) is 30.9 Å². The Morgan fingerprint density at radius 1 is 1.09 bits per heavy atom. The van der Waals surface area contributed by atoms with Crippen LogP contribution in [0.2, 0.25) is 0 Å². The lowest BCUT2D eigenvalue weighted by molar-refractivity contribution is -0.291. The molecule has 0 aromatic carbocycles. The van der Waals surface area contributed by atoms with Crippen molar-refractivity contribution >= 4 is 11.2 Å². The summed E-state index contributed by atoms with van der Waals surface area (Å²) in [5, 5.41) is 0. The second kappa shape index (κ2) is 8.07. The van der Waals surface area contributed by atoms with E-state index in [9.17, 15) is 9.59 Å². The highest BCUT2D eigenvalue weighted by Crippen LogP contribution is 2.05. The summed E-state index contributed by atoms with van der Waals surface area (Å²) in [5.41, 5.74) is 0.285. The molecule has 0 atom stereocenters. The van der Waals surface area contributed by atoms with E-state index >= 15 is 0 Å². The average Bonchev–Trinajstić information content (AvgIpc) is 2.92. The van der Waals surface area contributed by atoms with Gasteiger partial charge in [-0.25, -0.2) is 19.6 Å². The van der Waals surface area contributed by atoms with Gasteiger partial charge in [0.2, 0.25) is 0 Å². The van der Waals surface area contributed by atoms with Crippen LogP contribution in [0.1, 0.15) is 32.6 Å². The lowest BCUT2D eigenvalue weighted by Gasteiger charge is -2.08. The molecule has 23 heavy (non-hydrogen) atoms. The third-order valence-corrected chi connectivity index (χ3v) is 3.76. The van der Waals surface area contributed by atoms with Crippen LogP contribution in [-0.4, -0.2) is 31.9 Å². The lowest BCUT2D eigenvalue weighted by Crippen LogP contribution is -2.39. The molecule has 0 aliphatic heterocycles. The highest BCUT2D eigenvalue weighted by Gasteiger charge is 2.14. The second-order valence-electron chi connectivity index (χ2n) is 5.47. The van der Waals surface area contributed by atoms with E-state index in [4.69, 9.17) is 9.78 Å². The number of nitrogens with zero attached hydrogens (tertiary/aromatic N) is 4. The predicted octanol–water partition coefficient (Wildman–Crippen LogP) is 0.962. The first-order valence-corrected chi connectivity index (χ1v) is 7.93. The van der Waals surface area contributed by atoms with Crippen molar-refractivity contribution in [3.63, 3.8) is 0 Å². The van der Waals surface area contributed by atoms with Crippen LogP contribution in [0.15, 0.2) is 15.9 Å². The minimum Gasteiger partial charge on any atom is -0.328 e. The van der Waals surface area contributed by atoms with Gasteiger partial charge in [0.15, 0.2) is 11.2 Å². The Kier molecular flexibility index (Phi) is 6.12. The molecule has 8 heteroatoms. The van der Waals surface area contributed by atoms with Crippen molar-refractivity contribution < 1.29 is 9.78 Å². The van der Waals surface area contributed by atoms with Crippen LogP contribution in [0.25, 0.3) is 11.2 Å². The van der Waals surface area contributed by atoms with Crippen LogP contribution in [0, 0.1) is 0 Å². The molecule has 2 aromatic rings. The molecule has 2 aromatic heterocycles. The van der Waals surface area contributed by atoms with Crippen molar-refractivity contribution in [2.75, 3.05) is 13.2 Å². The zero-order valence-corrected chi connectivity index (χ0v) is 13.9. The van der Waals surface area contributed by atoms with Gasteiger partial charge in [-0.2, -0.15) is 0 Å². The maximum Gasteiger partial charge on any atom is 0.332 e. The van der Waals surface area contributed by atoms with Crippen molar-refractivity contribution in [1.82, 2.24) is 18.7 Å². The van der Waals surface area contributed by atoms with Crippen LogP contribution >= 0.6 is 0 Å². The molecule has 0 unspecified atom stereocenters. The summed E-state index contributed by atoms with van der Waals surface area (Å²) in [7, 11) is 3.39. The fourth-order valence-corrected chi connectivity index (χ4v) is 2.52. The Morgan fingerprint density at radius 2 is 1.83 bits per heavy atom. The molecule has 0 N–H and O–H groups in total. The third kappa shape index (κ3) is 3.89. The number of unbranched alkanes of at least 4 members (excludes halogenated alkanes) is 3. The third-order valence-electron chi connectivity index (χ3n) is 3.76. The molecule has 0 aliphatic rings. The van der Waals surface area contributed by atoms with E-state index in [0.717, 1.165) is 25.7 Å². The van der Waals surface area contributed by atoms with Crippen molar-refractivity contribution in [2.24, 2.45) is 14.1 Å². The maximum absolute atomic E-state index is 12.5. The highest BCUT2D eigenvalue weighted by molar-refractivity contribution is 5.69. The quantitative estimate of drug-likeness (QED) is 0.390. The molecule has 128 valence electrons. The van der Waals surface area contributed by atoms with Gasteiger partial charge in [0.25, 0.3) is 5.56 Å². The van der Waals surface area contributed by atoms with Crippen LogP contribution < -0.4 is 11.2 Å². The van der Waals surface area contributed by atoms with Gasteiger partial charge in [-0.05, 0) is 19.8 Å². The summed E-state index contributed by atoms with van der Waals surface area (Å²) in [4.78, 5) is 38.6. The molecule has 0 spiro atoms. The van der Waals surface area contributed by atoms with Crippen molar-refractivity contribution in [3.05, 3.63) is 27.2 Å². The fourth-order valence-electron chi connectivity index (χ4n) is 2.52. The lowest BCUT2D eigenvalue weighted by atomic mass is 10.2. The molecule has 8 nitrogen and oxygen atoms in total. The molecule has 0 saturated carbocycles. The predicted molar refractivity (Wildman–Crippen MR) is 86.3 cm³/mol. The van der Waals surface area contributed by atoms with Crippen LogP contribution in [-0.2, 0) is 30.4 Å². The van der Waals surface area contributed by atoms with E-state index in [1.807, 2.05) is 6.92 Å². The molecule has 0 fully saturated rings. The number of imidazole rings is 1. The molecule has 0 radical (unpaired) electrons. The number of rotatable bonds is 9. The summed E-state index contributed by atoms with van der Waals surface area (Å²) in [6.45, 7) is 3.40. The molecular formula is C15H24N4O4. The normalized spacial score (nSPS) is 11.4. The Balaban J connectivity index is 1.97. The first-order valence-electron chi connectivity index (χ1n) is 7.93. The van der Waals surface area contributed by atoms with Crippen LogP contribution in [0.3, 0.4) is 0 Å². The molecule has 0 aliphatic carbocycles. The standard InChI is InChI=1S/C15H24N4O4/c1-4-22-23-10-8-6-5-7-9-19-14(20)12-13(16-11-17(12)2)18(3)15(19)21/h11H,4-10H2,1-3H3. The van der Waals surface area contributed by atoms with Crippen molar-refractivity contribution in [1.29, 1.82) is 0 Å². The molecule has 2 rings (SSSR count). The minimum atomic E-state index is -0.319. The van der Waals surface area contributed by atoms with Gasteiger partial charge in [-0.15, -0.1) is 0 Å². The van der Waals surface area contributed by atoms with Crippen molar-refractivity contribution in [3.8, 4) is 0 Å². The number of fused-ring (bicyclic) bond motifs is 1. The number of hydrogen-bond donors (Lipinski definition) is 0. The maximum atomic E-state index is 12.5. The zero-order valence-electron chi connectivity index (χ0n) is 13.9. The first-order chi connectivity index (χ1) is 11.1. The van der Waals surface area contributed by atoms with E-state index in [1.165, 1.54) is 9.13 Å². The van der Waals surface area contributed by atoms with Crippen molar-refractivity contribution in [2.45, 2.75) is 39.2 Å². The Hall–Kier alpha value is -1.93. The Bertz CT molecular complexity index is 759. The van der Waals surface area contributed by atoms with E-state index in [2.05, 4.69) is 4.98 Å². The van der Waals surface area contributed by atoms with Gasteiger partial charge in [0.1, 0.15) is 0 Å². The topological polar surface area (TPSA) is 80.3 Å². The monoisotopic (exact) mass is 324 g/mol. The van der Waals surface area contributed by atoms with E-state index in [-0.39, 0.29) is 11.2 Å². The summed E-state index contributed by atoms with van der Waals surface area (Å²) in [6.07, 6.45) is 5.11. The minimum absolute atomic E-state index is 0.275. The van der Waals surface area contributed by atoms with E-state index in [1.54, 1.807) is 25.0 Å². The molecular weight excluding hydrogens is 300 g/mol. The summed E-state index contributed by atoms with van der Waals surface area (Å²) in [5.74, 6) is 0. The van der Waals surface area contributed by atoms with Gasteiger partial charge in [0.05, 0.1) is 19.5 Å². The average molecular weight is 324 g/mol. The molecule has 0 saturated heterocycles. The second-order valence-corrected chi connectivity index (χ2v) is 5.47.